The molecule has 3 rings (SSSR count). The molecule has 0 spiro atoms. The summed E-state index contributed by atoms with van der Waals surface area (Å²) in [7, 11) is 0. The van der Waals surface area contributed by atoms with E-state index in [0.717, 1.165) is 28.3 Å². The van der Waals surface area contributed by atoms with Gasteiger partial charge in [0, 0.05) is 10.4 Å². The molecule has 3 aromatic rings. The fourth-order valence-electron chi connectivity index (χ4n) is 2.52. The van der Waals surface area contributed by atoms with Crippen molar-refractivity contribution in [2.75, 3.05) is 6.54 Å². The summed E-state index contributed by atoms with van der Waals surface area (Å²) in [6.07, 6.45) is 0. The topological polar surface area (TPSA) is 25.2 Å². The van der Waals surface area contributed by atoms with E-state index in [4.69, 9.17) is 16.0 Å². The highest BCUT2D eigenvalue weighted by Crippen LogP contribution is 2.30. The second-order valence-corrected chi connectivity index (χ2v) is 5.67. The summed E-state index contributed by atoms with van der Waals surface area (Å²) < 4.78 is 6.00. The number of halogens is 1. The highest BCUT2D eigenvalue weighted by molar-refractivity contribution is 6.31. The van der Waals surface area contributed by atoms with Gasteiger partial charge in [0.05, 0.1) is 6.04 Å². The standard InChI is InChI=1S/C18H18ClNO/c1-3-20-18(13-6-4-12(2)5-7-13)17-11-14-10-15(19)8-9-16(14)21-17/h4-11,18,20H,3H2,1-2H3. The monoisotopic (exact) mass is 299 g/mol. The normalized spacial score (nSPS) is 12.7. The molecule has 0 aliphatic rings. The molecule has 0 bridgehead atoms. The van der Waals surface area contributed by atoms with Crippen LogP contribution in [0.25, 0.3) is 11.0 Å². The Bertz CT molecular complexity index is 746. The summed E-state index contributed by atoms with van der Waals surface area (Å²) in [4.78, 5) is 0. The maximum Gasteiger partial charge on any atom is 0.134 e. The second kappa shape index (κ2) is 5.92. The minimum absolute atomic E-state index is 0.0572. The molecule has 1 heterocycles. The molecule has 0 aliphatic carbocycles. The molecule has 1 atom stereocenters. The minimum Gasteiger partial charge on any atom is -0.459 e. The van der Waals surface area contributed by atoms with Gasteiger partial charge in [-0.1, -0.05) is 48.4 Å². The van der Waals surface area contributed by atoms with Crippen LogP contribution in [0.15, 0.2) is 52.9 Å². The first kappa shape index (κ1) is 14.2. The maximum atomic E-state index is 6.05. The molecular weight excluding hydrogens is 282 g/mol. The SMILES string of the molecule is CCNC(c1ccc(C)cc1)c1cc2cc(Cl)ccc2o1. The van der Waals surface area contributed by atoms with Gasteiger partial charge in [0.25, 0.3) is 0 Å². The number of aryl methyl sites for hydroxylation is 1. The van der Waals surface area contributed by atoms with Gasteiger partial charge in [0.15, 0.2) is 0 Å². The average molecular weight is 300 g/mol. The molecule has 108 valence electrons. The molecular formula is C18H18ClNO. The van der Waals surface area contributed by atoms with Gasteiger partial charge < -0.3 is 9.73 Å². The van der Waals surface area contributed by atoms with Crippen LogP contribution in [0.1, 0.15) is 29.9 Å². The molecule has 3 heteroatoms. The van der Waals surface area contributed by atoms with E-state index in [9.17, 15) is 0 Å². The zero-order chi connectivity index (χ0) is 14.8. The number of fused-ring (bicyclic) bond motifs is 1. The largest absolute Gasteiger partial charge is 0.459 e. The highest BCUT2D eigenvalue weighted by Gasteiger charge is 2.17. The van der Waals surface area contributed by atoms with E-state index in [0.29, 0.717) is 0 Å². The summed E-state index contributed by atoms with van der Waals surface area (Å²) in [5.41, 5.74) is 3.32. The van der Waals surface area contributed by atoms with Crippen molar-refractivity contribution in [3.05, 3.63) is 70.4 Å². The molecule has 0 radical (unpaired) electrons. The van der Waals surface area contributed by atoms with Gasteiger partial charge >= 0.3 is 0 Å². The van der Waals surface area contributed by atoms with Crippen molar-refractivity contribution < 1.29 is 4.42 Å². The van der Waals surface area contributed by atoms with Crippen LogP contribution < -0.4 is 5.32 Å². The van der Waals surface area contributed by atoms with Crippen molar-refractivity contribution in [2.24, 2.45) is 0 Å². The molecule has 0 fully saturated rings. The Balaban J connectivity index is 2.04. The molecule has 0 amide bonds. The Morgan fingerprint density at radius 1 is 1.10 bits per heavy atom. The van der Waals surface area contributed by atoms with Crippen LogP contribution in [0.2, 0.25) is 5.02 Å². The summed E-state index contributed by atoms with van der Waals surface area (Å²) in [6.45, 7) is 5.06. The number of hydrogen-bond acceptors (Lipinski definition) is 2. The lowest BCUT2D eigenvalue weighted by atomic mass is 10.0. The Hall–Kier alpha value is -1.77. The summed E-state index contributed by atoms with van der Waals surface area (Å²) >= 11 is 6.05. The Labute approximate surface area is 129 Å². The third kappa shape index (κ3) is 2.97. The number of benzene rings is 2. The first-order valence-electron chi connectivity index (χ1n) is 7.16. The van der Waals surface area contributed by atoms with Gasteiger partial charge in [-0.15, -0.1) is 0 Å². The van der Waals surface area contributed by atoms with Crippen molar-refractivity contribution >= 4 is 22.6 Å². The molecule has 0 saturated carbocycles. The van der Waals surface area contributed by atoms with Gasteiger partial charge in [-0.25, -0.2) is 0 Å². The van der Waals surface area contributed by atoms with Gasteiger partial charge in [0.2, 0.25) is 0 Å². The molecule has 1 unspecified atom stereocenters. The quantitative estimate of drug-likeness (QED) is 0.725. The first-order chi connectivity index (χ1) is 10.2. The Morgan fingerprint density at radius 2 is 1.86 bits per heavy atom. The van der Waals surface area contributed by atoms with Crippen LogP contribution in [0.3, 0.4) is 0 Å². The van der Waals surface area contributed by atoms with E-state index in [1.807, 2.05) is 18.2 Å². The summed E-state index contributed by atoms with van der Waals surface area (Å²) in [5.74, 6) is 0.915. The summed E-state index contributed by atoms with van der Waals surface area (Å²) in [5, 5.41) is 5.25. The predicted octanol–water partition coefficient (Wildman–Crippen LogP) is 5.09. The van der Waals surface area contributed by atoms with Crippen LogP contribution >= 0.6 is 11.6 Å². The maximum absolute atomic E-state index is 6.05. The number of hydrogen-bond donors (Lipinski definition) is 1. The van der Waals surface area contributed by atoms with Crippen molar-refractivity contribution in [1.82, 2.24) is 5.32 Å². The fourth-order valence-corrected chi connectivity index (χ4v) is 2.70. The van der Waals surface area contributed by atoms with Gasteiger partial charge in [-0.05, 0) is 43.3 Å². The van der Waals surface area contributed by atoms with E-state index in [1.165, 1.54) is 11.1 Å². The third-order valence-corrected chi connectivity index (χ3v) is 3.84. The smallest absolute Gasteiger partial charge is 0.134 e. The number of rotatable bonds is 4. The molecule has 2 aromatic carbocycles. The van der Waals surface area contributed by atoms with Crippen LogP contribution in [0.4, 0.5) is 0 Å². The minimum atomic E-state index is 0.0572. The third-order valence-electron chi connectivity index (χ3n) is 3.60. The fraction of sp³-hybridized carbons (Fsp3) is 0.222. The molecule has 1 N–H and O–H groups in total. The van der Waals surface area contributed by atoms with Gasteiger partial charge in [-0.2, -0.15) is 0 Å². The highest BCUT2D eigenvalue weighted by atomic mass is 35.5. The van der Waals surface area contributed by atoms with Crippen molar-refractivity contribution in [3.63, 3.8) is 0 Å². The lowest BCUT2D eigenvalue weighted by Crippen LogP contribution is -2.21. The second-order valence-electron chi connectivity index (χ2n) is 5.23. The molecule has 21 heavy (non-hydrogen) atoms. The summed E-state index contributed by atoms with van der Waals surface area (Å²) in [6, 6.07) is 16.4. The zero-order valence-electron chi connectivity index (χ0n) is 12.2. The average Bonchev–Trinajstić information content (AvgIpc) is 2.88. The van der Waals surface area contributed by atoms with E-state index in [1.54, 1.807) is 0 Å². The molecule has 0 saturated heterocycles. The van der Waals surface area contributed by atoms with Gasteiger partial charge in [0.1, 0.15) is 11.3 Å². The molecule has 0 aliphatic heterocycles. The van der Waals surface area contributed by atoms with Crippen LogP contribution in [-0.4, -0.2) is 6.54 Å². The Kier molecular flexibility index (Phi) is 4.00. The van der Waals surface area contributed by atoms with Crippen molar-refractivity contribution in [1.29, 1.82) is 0 Å². The first-order valence-corrected chi connectivity index (χ1v) is 7.54. The van der Waals surface area contributed by atoms with Crippen molar-refractivity contribution in [2.45, 2.75) is 19.9 Å². The lowest BCUT2D eigenvalue weighted by molar-refractivity contribution is 0.477. The van der Waals surface area contributed by atoms with E-state index in [2.05, 4.69) is 49.5 Å². The zero-order valence-corrected chi connectivity index (χ0v) is 12.9. The Morgan fingerprint density at radius 3 is 2.57 bits per heavy atom. The van der Waals surface area contributed by atoms with Crippen molar-refractivity contribution in [3.8, 4) is 0 Å². The molecule has 2 nitrogen and oxygen atoms in total. The van der Waals surface area contributed by atoms with E-state index in [-0.39, 0.29) is 6.04 Å². The van der Waals surface area contributed by atoms with Gasteiger partial charge in [-0.3, -0.25) is 0 Å². The predicted molar refractivity (Wildman–Crippen MR) is 87.9 cm³/mol. The van der Waals surface area contributed by atoms with E-state index >= 15 is 0 Å². The number of furan rings is 1. The lowest BCUT2D eigenvalue weighted by Gasteiger charge is -2.16. The van der Waals surface area contributed by atoms with Crippen LogP contribution in [0, 0.1) is 6.92 Å². The van der Waals surface area contributed by atoms with Crippen LogP contribution in [0.5, 0.6) is 0 Å². The number of nitrogens with one attached hydrogen (secondary N) is 1. The van der Waals surface area contributed by atoms with E-state index < -0.39 is 0 Å². The van der Waals surface area contributed by atoms with Crippen LogP contribution in [-0.2, 0) is 0 Å². The molecule has 1 aromatic heterocycles.